The third-order valence-corrected chi connectivity index (χ3v) is 7.77. The molecule has 0 radical (unpaired) electrons. The van der Waals surface area contributed by atoms with Crippen LogP contribution >= 0.6 is 0 Å². The zero-order chi connectivity index (χ0) is 20.7. The van der Waals surface area contributed by atoms with Gasteiger partial charge in [-0.3, -0.25) is 4.79 Å². The van der Waals surface area contributed by atoms with Crippen molar-refractivity contribution in [3.05, 3.63) is 29.8 Å². The van der Waals surface area contributed by atoms with Crippen molar-refractivity contribution in [2.24, 2.45) is 0 Å². The Labute approximate surface area is 174 Å². The number of benzene rings is 1. The van der Waals surface area contributed by atoms with Crippen LogP contribution in [-0.4, -0.2) is 75.5 Å². The number of piperidine rings is 1. The van der Waals surface area contributed by atoms with E-state index in [9.17, 15) is 13.2 Å². The molecular formula is C21H33N3O4S. The molecule has 8 heteroatoms. The van der Waals surface area contributed by atoms with Crippen LogP contribution in [0.3, 0.4) is 0 Å². The van der Waals surface area contributed by atoms with E-state index in [1.807, 2.05) is 0 Å². The van der Waals surface area contributed by atoms with Crippen molar-refractivity contribution < 1.29 is 17.9 Å². The summed E-state index contributed by atoms with van der Waals surface area (Å²) in [6, 6.07) is 6.87. The molecule has 0 bridgehead atoms. The van der Waals surface area contributed by atoms with Gasteiger partial charge in [-0.15, -0.1) is 0 Å². The van der Waals surface area contributed by atoms with E-state index in [1.165, 1.54) is 42.1 Å². The van der Waals surface area contributed by atoms with Crippen molar-refractivity contribution in [1.29, 1.82) is 0 Å². The minimum Gasteiger partial charge on any atom is -0.379 e. The van der Waals surface area contributed by atoms with E-state index in [-0.39, 0.29) is 10.8 Å². The molecule has 0 aromatic heterocycles. The van der Waals surface area contributed by atoms with Gasteiger partial charge in [-0.25, -0.2) is 8.42 Å². The van der Waals surface area contributed by atoms with Crippen molar-refractivity contribution in [3.63, 3.8) is 0 Å². The highest BCUT2D eigenvalue weighted by atomic mass is 32.2. The topological polar surface area (TPSA) is 79.0 Å². The van der Waals surface area contributed by atoms with Gasteiger partial charge in [-0.05, 0) is 56.5 Å². The fourth-order valence-corrected chi connectivity index (χ4v) is 5.53. The largest absolute Gasteiger partial charge is 0.379 e. The van der Waals surface area contributed by atoms with Crippen LogP contribution in [-0.2, 0) is 14.8 Å². The Morgan fingerprint density at radius 1 is 1.14 bits per heavy atom. The van der Waals surface area contributed by atoms with Crippen molar-refractivity contribution in [2.45, 2.75) is 50.0 Å². The first-order valence-electron chi connectivity index (χ1n) is 10.7. The van der Waals surface area contributed by atoms with Crippen molar-refractivity contribution >= 4 is 15.9 Å². The summed E-state index contributed by atoms with van der Waals surface area (Å²) in [5.41, 5.74) is 0.482. The van der Waals surface area contributed by atoms with Gasteiger partial charge in [0.25, 0.3) is 5.91 Å². The van der Waals surface area contributed by atoms with Gasteiger partial charge >= 0.3 is 0 Å². The second kappa shape index (κ2) is 10.5. The van der Waals surface area contributed by atoms with Crippen LogP contribution in [0.4, 0.5) is 0 Å². The minimum absolute atomic E-state index is 0.161. The van der Waals surface area contributed by atoms with Crippen LogP contribution in [0, 0.1) is 0 Å². The number of carbonyl (C=O) groups excluding carboxylic acids is 1. The van der Waals surface area contributed by atoms with Crippen LogP contribution < -0.4 is 5.32 Å². The van der Waals surface area contributed by atoms with E-state index in [1.54, 1.807) is 12.1 Å². The molecule has 1 atom stereocenters. The predicted molar refractivity (Wildman–Crippen MR) is 112 cm³/mol. The highest BCUT2D eigenvalue weighted by molar-refractivity contribution is 7.89. The van der Waals surface area contributed by atoms with Gasteiger partial charge in [0.15, 0.2) is 0 Å². The van der Waals surface area contributed by atoms with Crippen LogP contribution in [0.5, 0.6) is 0 Å². The van der Waals surface area contributed by atoms with Crippen LogP contribution in [0.2, 0.25) is 0 Å². The number of nitrogens with zero attached hydrogens (tertiary/aromatic N) is 2. The summed E-state index contributed by atoms with van der Waals surface area (Å²) in [7, 11) is -3.53. The van der Waals surface area contributed by atoms with Crippen molar-refractivity contribution in [2.75, 3.05) is 45.9 Å². The molecule has 1 aromatic carbocycles. The van der Waals surface area contributed by atoms with Gasteiger partial charge in [0.2, 0.25) is 10.0 Å². The number of hydrogen-bond acceptors (Lipinski definition) is 5. The molecular weight excluding hydrogens is 390 g/mol. The molecule has 162 valence electrons. The third-order valence-electron chi connectivity index (χ3n) is 5.85. The summed E-state index contributed by atoms with van der Waals surface area (Å²) in [4.78, 5) is 15.1. The van der Waals surface area contributed by atoms with Crippen LogP contribution in [0.25, 0.3) is 0 Å². The summed E-state index contributed by atoms with van der Waals surface area (Å²) in [6.07, 6.45) is 5.98. The first-order valence-corrected chi connectivity index (χ1v) is 12.2. The summed E-state index contributed by atoms with van der Waals surface area (Å²) >= 11 is 0. The lowest BCUT2D eigenvalue weighted by Crippen LogP contribution is -2.40. The number of likely N-dealkylation sites (tertiary alicyclic amines) is 1. The van der Waals surface area contributed by atoms with Gasteiger partial charge in [0, 0.05) is 37.8 Å². The Morgan fingerprint density at radius 3 is 2.55 bits per heavy atom. The molecule has 1 aromatic rings. The Bertz CT molecular complexity index is 761. The quantitative estimate of drug-likeness (QED) is 0.648. The lowest BCUT2D eigenvalue weighted by atomic mass is 10.00. The van der Waals surface area contributed by atoms with Crippen molar-refractivity contribution in [1.82, 2.24) is 14.5 Å². The van der Waals surface area contributed by atoms with E-state index < -0.39 is 10.0 Å². The van der Waals surface area contributed by atoms with E-state index in [0.717, 1.165) is 19.5 Å². The van der Waals surface area contributed by atoms with Crippen molar-refractivity contribution in [3.8, 4) is 0 Å². The number of nitrogens with one attached hydrogen (secondary N) is 1. The number of rotatable bonds is 8. The minimum atomic E-state index is -3.53. The van der Waals surface area contributed by atoms with E-state index in [4.69, 9.17) is 4.74 Å². The molecule has 2 aliphatic heterocycles. The molecule has 2 aliphatic rings. The average Bonchev–Trinajstić information content (AvgIpc) is 2.77. The molecule has 29 heavy (non-hydrogen) atoms. The zero-order valence-corrected chi connectivity index (χ0v) is 18.1. The van der Waals surface area contributed by atoms with Gasteiger partial charge < -0.3 is 15.0 Å². The zero-order valence-electron chi connectivity index (χ0n) is 17.3. The molecule has 2 heterocycles. The summed E-state index contributed by atoms with van der Waals surface area (Å²) in [5, 5.41) is 2.95. The van der Waals surface area contributed by atoms with Gasteiger partial charge in [-0.1, -0.05) is 13.3 Å². The second-order valence-electron chi connectivity index (χ2n) is 7.74. The summed E-state index contributed by atoms with van der Waals surface area (Å²) in [5.74, 6) is -0.161. The van der Waals surface area contributed by atoms with E-state index >= 15 is 0 Å². The molecule has 1 amide bonds. The fourth-order valence-electron chi connectivity index (χ4n) is 4.12. The van der Waals surface area contributed by atoms with Gasteiger partial charge in [-0.2, -0.15) is 4.31 Å². The van der Waals surface area contributed by atoms with E-state index in [0.29, 0.717) is 44.5 Å². The first-order chi connectivity index (χ1) is 14.0. The molecule has 0 spiro atoms. The predicted octanol–water partition coefficient (Wildman–Crippen LogP) is 2.09. The Kier molecular flexibility index (Phi) is 8.06. The fraction of sp³-hybridized carbons (Fsp3) is 0.667. The number of hydrogen-bond donors (Lipinski definition) is 1. The van der Waals surface area contributed by atoms with Gasteiger partial charge in [0.05, 0.1) is 18.1 Å². The molecule has 1 N–H and O–H groups in total. The van der Waals surface area contributed by atoms with Crippen LogP contribution in [0.15, 0.2) is 29.2 Å². The molecule has 0 saturated carbocycles. The first kappa shape index (κ1) is 22.2. The van der Waals surface area contributed by atoms with E-state index in [2.05, 4.69) is 17.1 Å². The average molecular weight is 424 g/mol. The Morgan fingerprint density at radius 2 is 1.86 bits per heavy atom. The Balaban J connectivity index is 1.47. The molecule has 0 aliphatic carbocycles. The summed E-state index contributed by atoms with van der Waals surface area (Å²) < 4.78 is 31.9. The monoisotopic (exact) mass is 423 g/mol. The highest BCUT2D eigenvalue weighted by Gasteiger charge is 2.26. The Hall–Kier alpha value is -1.48. The molecule has 2 saturated heterocycles. The second-order valence-corrected chi connectivity index (χ2v) is 9.68. The molecule has 2 fully saturated rings. The number of ether oxygens (including phenoxy) is 1. The third kappa shape index (κ3) is 5.78. The molecule has 7 nitrogen and oxygen atoms in total. The number of amides is 1. The maximum Gasteiger partial charge on any atom is 0.251 e. The summed E-state index contributed by atoms with van der Waals surface area (Å²) in [6.45, 7) is 6.58. The molecule has 0 unspecified atom stereocenters. The smallest absolute Gasteiger partial charge is 0.251 e. The number of morpholine rings is 1. The standard InChI is InChI=1S/C21H33N3O4S/c1-2-19-6-3-4-12-23(19)13-5-11-22-21(25)18-7-9-20(10-8-18)29(26,27)24-14-16-28-17-15-24/h7-10,19H,2-6,11-17H2,1H3,(H,22,25)/t19-/m1/s1. The maximum atomic E-state index is 12.6. The van der Waals surface area contributed by atoms with Gasteiger partial charge in [0.1, 0.15) is 0 Å². The maximum absolute atomic E-state index is 12.6. The number of carbonyl (C=O) groups is 1. The SMILES string of the molecule is CC[C@@H]1CCCCN1CCCNC(=O)c1ccc(S(=O)(=O)N2CCOCC2)cc1. The lowest BCUT2D eigenvalue weighted by molar-refractivity contribution is 0.0730. The normalized spacial score (nSPS) is 21.8. The lowest BCUT2D eigenvalue weighted by Gasteiger charge is -2.35. The number of sulfonamides is 1. The molecule has 3 rings (SSSR count). The van der Waals surface area contributed by atoms with Crippen LogP contribution in [0.1, 0.15) is 49.4 Å². The highest BCUT2D eigenvalue weighted by Crippen LogP contribution is 2.20.